The number of fused-ring (bicyclic) bond motifs is 1. The molecule has 0 aliphatic carbocycles. The average Bonchev–Trinajstić information content (AvgIpc) is 3.19. The van der Waals surface area contributed by atoms with Crippen LogP contribution < -0.4 is 19.6 Å². The van der Waals surface area contributed by atoms with E-state index in [2.05, 4.69) is 40.0 Å². The lowest BCUT2D eigenvalue weighted by Crippen LogP contribution is -2.16. The van der Waals surface area contributed by atoms with Gasteiger partial charge in [-0.05, 0) is 84.8 Å². The molecule has 0 aliphatic rings. The highest BCUT2D eigenvalue weighted by atomic mass is 127. The number of furan rings is 1. The predicted molar refractivity (Wildman–Crippen MR) is 129 cm³/mol. The zero-order valence-corrected chi connectivity index (χ0v) is 20.1. The summed E-state index contributed by atoms with van der Waals surface area (Å²) in [6, 6.07) is 10.8. The number of carbonyl (C=O) groups excluding carboxylic acids is 1. The number of carbonyl (C=O) groups is 1. The fourth-order valence-corrected chi connectivity index (χ4v) is 3.58. The average molecular weight is 536 g/mol. The van der Waals surface area contributed by atoms with Gasteiger partial charge in [0.15, 0.2) is 17.3 Å². The van der Waals surface area contributed by atoms with Crippen molar-refractivity contribution in [2.45, 2.75) is 33.3 Å². The third kappa shape index (κ3) is 5.69. The maximum absolute atomic E-state index is 12.4. The van der Waals surface area contributed by atoms with Crippen molar-refractivity contribution in [3.63, 3.8) is 0 Å². The lowest BCUT2D eigenvalue weighted by atomic mass is 10.2. The molecule has 3 aromatic rings. The van der Waals surface area contributed by atoms with Gasteiger partial charge < -0.3 is 18.6 Å². The Morgan fingerprint density at radius 1 is 1.26 bits per heavy atom. The summed E-state index contributed by atoms with van der Waals surface area (Å²) in [6.45, 7) is 6.56. The number of rotatable bonds is 9. The van der Waals surface area contributed by atoms with Gasteiger partial charge in [-0.2, -0.15) is 5.10 Å². The summed E-state index contributed by atoms with van der Waals surface area (Å²) >= 11 is 2.20. The fourth-order valence-electron chi connectivity index (χ4n) is 2.82. The van der Waals surface area contributed by atoms with Crippen LogP contribution in [0.4, 0.5) is 0 Å². The molecule has 1 amide bonds. The standard InChI is InChI=1S/C23H25IN2O5/c1-5-14(3)30-22-18(24)9-15(10-20(22)28-4)13-25-26-23(27)21-12-16-11-17(29-6-2)7-8-19(16)31-21/h7-14H,5-6H2,1-4H3,(H,26,27)/b25-13+/t14-/m1/s1. The first kappa shape index (κ1) is 22.9. The van der Waals surface area contributed by atoms with Crippen molar-refractivity contribution in [2.24, 2.45) is 5.10 Å². The molecule has 1 N–H and O–H groups in total. The Balaban J connectivity index is 1.71. The number of hydrogen-bond acceptors (Lipinski definition) is 6. The van der Waals surface area contributed by atoms with E-state index in [1.807, 2.05) is 32.0 Å². The summed E-state index contributed by atoms with van der Waals surface area (Å²) in [7, 11) is 1.59. The van der Waals surface area contributed by atoms with Crippen molar-refractivity contribution in [2.75, 3.05) is 13.7 Å². The molecule has 1 heterocycles. The molecule has 0 fully saturated rings. The topological polar surface area (TPSA) is 82.3 Å². The second-order valence-electron chi connectivity index (χ2n) is 6.81. The van der Waals surface area contributed by atoms with Crippen LogP contribution in [0.2, 0.25) is 0 Å². The number of methoxy groups -OCH3 is 1. The maximum atomic E-state index is 12.4. The van der Waals surface area contributed by atoms with E-state index in [0.29, 0.717) is 23.7 Å². The van der Waals surface area contributed by atoms with Gasteiger partial charge in [0.25, 0.3) is 0 Å². The molecular weight excluding hydrogens is 511 g/mol. The second-order valence-corrected chi connectivity index (χ2v) is 7.98. The van der Waals surface area contributed by atoms with Crippen LogP contribution in [0.25, 0.3) is 11.0 Å². The van der Waals surface area contributed by atoms with Crippen molar-refractivity contribution >= 4 is 45.7 Å². The molecule has 0 saturated heterocycles. The Hall–Kier alpha value is -2.75. The smallest absolute Gasteiger partial charge is 0.307 e. The summed E-state index contributed by atoms with van der Waals surface area (Å²) in [5, 5.41) is 4.84. The second kappa shape index (κ2) is 10.5. The van der Waals surface area contributed by atoms with E-state index in [4.69, 9.17) is 18.6 Å². The monoisotopic (exact) mass is 536 g/mol. The van der Waals surface area contributed by atoms with E-state index in [-0.39, 0.29) is 11.9 Å². The molecular formula is C23H25IN2O5. The molecule has 0 unspecified atom stereocenters. The zero-order chi connectivity index (χ0) is 22.4. The molecule has 0 saturated carbocycles. The largest absolute Gasteiger partial charge is 0.494 e. The molecule has 0 radical (unpaired) electrons. The van der Waals surface area contributed by atoms with Gasteiger partial charge in [-0.15, -0.1) is 0 Å². The van der Waals surface area contributed by atoms with Crippen molar-refractivity contribution in [1.82, 2.24) is 5.43 Å². The Morgan fingerprint density at radius 2 is 2.06 bits per heavy atom. The number of halogens is 1. The quantitative estimate of drug-likeness (QED) is 0.226. The molecule has 0 spiro atoms. The minimum absolute atomic E-state index is 0.0784. The van der Waals surface area contributed by atoms with E-state index in [0.717, 1.165) is 26.7 Å². The highest BCUT2D eigenvalue weighted by molar-refractivity contribution is 14.1. The molecule has 1 aromatic heterocycles. The highest BCUT2D eigenvalue weighted by Gasteiger charge is 2.14. The van der Waals surface area contributed by atoms with Crippen molar-refractivity contribution in [3.8, 4) is 17.2 Å². The molecule has 8 heteroatoms. The number of amides is 1. The number of benzene rings is 2. The third-order valence-corrected chi connectivity index (χ3v) is 5.35. The SMILES string of the molecule is CCOc1ccc2oc(C(=O)N/N=C/c3cc(I)c(O[C@H](C)CC)c(OC)c3)cc2c1. The van der Waals surface area contributed by atoms with Gasteiger partial charge >= 0.3 is 5.91 Å². The minimum Gasteiger partial charge on any atom is -0.494 e. The van der Waals surface area contributed by atoms with Crippen LogP contribution in [-0.2, 0) is 0 Å². The van der Waals surface area contributed by atoms with Crippen LogP contribution in [0.3, 0.4) is 0 Å². The van der Waals surface area contributed by atoms with Crippen LogP contribution >= 0.6 is 22.6 Å². The molecule has 3 rings (SSSR count). The molecule has 164 valence electrons. The predicted octanol–water partition coefficient (Wildman–Crippen LogP) is 5.39. The van der Waals surface area contributed by atoms with Crippen LogP contribution in [0.15, 0.2) is 45.9 Å². The molecule has 2 aromatic carbocycles. The van der Waals surface area contributed by atoms with Gasteiger partial charge in [-0.1, -0.05) is 6.92 Å². The van der Waals surface area contributed by atoms with Crippen molar-refractivity contribution in [3.05, 3.63) is 51.3 Å². The summed E-state index contributed by atoms with van der Waals surface area (Å²) in [4.78, 5) is 12.4. The van der Waals surface area contributed by atoms with Gasteiger partial charge in [-0.3, -0.25) is 4.79 Å². The summed E-state index contributed by atoms with van der Waals surface area (Å²) in [6.07, 6.45) is 2.52. The number of ether oxygens (including phenoxy) is 3. The lowest BCUT2D eigenvalue weighted by molar-refractivity contribution is 0.0929. The lowest BCUT2D eigenvalue weighted by Gasteiger charge is -2.17. The number of nitrogens with zero attached hydrogens (tertiary/aromatic N) is 1. The number of hydrazone groups is 1. The van der Waals surface area contributed by atoms with Gasteiger partial charge in [0.1, 0.15) is 11.3 Å². The number of hydrogen-bond donors (Lipinski definition) is 1. The van der Waals surface area contributed by atoms with Crippen molar-refractivity contribution in [1.29, 1.82) is 0 Å². The van der Waals surface area contributed by atoms with Crippen molar-refractivity contribution < 1.29 is 23.4 Å². The maximum Gasteiger partial charge on any atom is 0.307 e. The van der Waals surface area contributed by atoms with Crippen LogP contribution in [-0.4, -0.2) is 31.9 Å². The van der Waals surface area contributed by atoms with E-state index in [1.54, 1.807) is 31.5 Å². The zero-order valence-electron chi connectivity index (χ0n) is 17.9. The summed E-state index contributed by atoms with van der Waals surface area (Å²) < 4.78 is 23.4. The molecule has 7 nitrogen and oxygen atoms in total. The first-order chi connectivity index (χ1) is 14.9. The van der Waals surface area contributed by atoms with E-state index in [1.165, 1.54) is 0 Å². The van der Waals surface area contributed by atoms with Crippen LogP contribution in [0.1, 0.15) is 43.3 Å². The third-order valence-electron chi connectivity index (χ3n) is 4.55. The first-order valence-corrected chi connectivity index (χ1v) is 11.1. The summed E-state index contributed by atoms with van der Waals surface area (Å²) in [5.74, 6) is 1.77. The van der Waals surface area contributed by atoms with Gasteiger partial charge in [-0.25, -0.2) is 5.43 Å². The minimum atomic E-state index is -0.441. The van der Waals surface area contributed by atoms with Gasteiger partial charge in [0.2, 0.25) is 0 Å². The molecule has 31 heavy (non-hydrogen) atoms. The Bertz CT molecular complexity index is 1090. The van der Waals surface area contributed by atoms with Gasteiger partial charge in [0.05, 0.1) is 29.6 Å². The first-order valence-electron chi connectivity index (χ1n) is 9.99. The highest BCUT2D eigenvalue weighted by Crippen LogP contribution is 2.34. The van der Waals surface area contributed by atoms with Gasteiger partial charge in [0, 0.05) is 5.39 Å². The Morgan fingerprint density at radius 3 is 2.77 bits per heavy atom. The number of nitrogens with one attached hydrogen (secondary N) is 1. The molecule has 1 atom stereocenters. The van der Waals surface area contributed by atoms with E-state index >= 15 is 0 Å². The fraction of sp³-hybridized carbons (Fsp3) is 0.304. The summed E-state index contributed by atoms with van der Waals surface area (Å²) in [5.41, 5.74) is 3.87. The van der Waals surface area contributed by atoms with Crippen LogP contribution in [0.5, 0.6) is 17.2 Å². The Kier molecular flexibility index (Phi) is 7.78. The van der Waals surface area contributed by atoms with E-state index < -0.39 is 5.91 Å². The van der Waals surface area contributed by atoms with E-state index in [9.17, 15) is 4.79 Å². The molecule has 0 bridgehead atoms. The normalized spacial score (nSPS) is 12.2. The van der Waals surface area contributed by atoms with Crippen LogP contribution in [0, 0.1) is 3.57 Å². The Labute approximate surface area is 194 Å². The molecule has 0 aliphatic heterocycles.